The minimum Gasteiger partial charge on any atom is -0.388 e. The Morgan fingerprint density at radius 2 is 2.18 bits per heavy atom. The van der Waals surface area contributed by atoms with Gasteiger partial charge < -0.3 is 9.63 Å². The molecule has 0 bridgehead atoms. The average Bonchev–Trinajstić information content (AvgIpc) is 2.47. The van der Waals surface area contributed by atoms with Gasteiger partial charge in [-0.3, -0.25) is 0 Å². The van der Waals surface area contributed by atoms with Gasteiger partial charge in [0.25, 0.3) is 0 Å². The van der Waals surface area contributed by atoms with Gasteiger partial charge in [-0.05, 0) is 12.1 Å². The highest BCUT2D eigenvalue weighted by Crippen LogP contribution is 2.16. The maximum absolute atomic E-state index is 8.79. The zero-order chi connectivity index (χ0) is 7.68. The Morgan fingerprint density at radius 3 is 3.00 bits per heavy atom. The van der Waals surface area contributed by atoms with Crippen LogP contribution in [0.1, 0.15) is 5.76 Å². The van der Waals surface area contributed by atoms with Crippen molar-refractivity contribution in [1.82, 2.24) is 5.16 Å². The van der Waals surface area contributed by atoms with Crippen LogP contribution in [-0.2, 0) is 6.61 Å². The monoisotopic (exact) mass is 149 g/mol. The molecule has 0 fully saturated rings. The van der Waals surface area contributed by atoms with E-state index in [0.717, 1.165) is 10.9 Å². The number of rotatable bonds is 1. The van der Waals surface area contributed by atoms with Crippen LogP contribution in [0.4, 0.5) is 0 Å². The van der Waals surface area contributed by atoms with Crippen molar-refractivity contribution in [1.29, 1.82) is 0 Å². The highest BCUT2D eigenvalue weighted by molar-refractivity contribution is 5.79. The lowest BCUT2D eigenvalue weighted by molar-refractivity contribution is 0.232. The van der Waals surface area contributed by atoms with Crippen LogP contribution in [0.5, 0.6) is 0 Å². The highest BCUT2D eigenvalue weighted by atomic mass is 16.5. The Hall–Kier alpha value is -1.35. The zero-order valence-electron chi connectivity index (χ0n) is 5.82. The number of benzene rings is 1. The molecule has 0 amide bonds. The van der Waals surface area contributed by atoms with Crippen LogP contribution in [-0.4, -0.2) is 10.3 Å². The van der Waals surface area contributed by atoms with Crippen molar-refractivity contribution in [2.45, 2.75) is 6.61 Å². The molecular formula is C8H7NO2. The van der Waals surface area contributed by atoms with E-state index in [-0.39, 0.29) is 6.61 Å². The minimum absolute atomic E-state index is 0.0967. The first kappa shape index (κ1) is 6.37. The molecule has 3 nitrogen and oxygen atoms in total. The van der Waals surface area contributed by atoms with Gasteiger partial charge in [0.15, 0.2) is 5.76 Å². The lowest BCUT2D eigenvalue weighted by Crippen LogP contribution is -1.76. The predicted octanol–water partition coefficient (Wildman–Crippen LogP) is 1.32. The number of aliphatic hydroxyl groups excluding tert-OH is 1. The third kappa shape index (κ3) is 0.897. The molecule has 2 rings (SSSR count). The van der Waals surface area contributed by atoms with E-state index < -0.39 is 0 Å². The summed E-state index contributed by atoms with van der Waals surface area (Å²) >= 11 is 0. The molecule has 0 saturated carbocycles. The number of aliphatic hydroxyl groups is 1. The smallest absolute Gasteiger partial charge is 0.169 e. The van der Waals surface area contributed by atoms with Crippen LogP contribution in [0.3, 0.4) is 0 Å². The van der Waals surface area contributed by atoms with Crippen molar-refractivity contribution in [2.24, 2.45) is 0 Å². The summed E-state index contributed by atoms with van der Waals surface area (Å²) in [7, 11) is 0. The summed E-state index contributed by atoms with van der Waals surface area (Å²) in [6.07, 6.45) is 0. The summed E-state index contributed by atoms with van der Waals surface area (Å²) in [6, 6.07) is 7.49. The van der Waals surface area contributed by atoms with Crippen LogP contribution in [0.15, 0.2) is 28.8 Å². The fraction of sp³-hybridized carbons (Fsp3) is 0.125. The molecule has 1 N–H and O–H groups in total. The fourth-order valence-electron chi connectivity index (χ4n) is 1.06. The molecule has 1 aromatic heterocycles. The van der Waals surface area contributed by atoms with Crippen LogP contribution >= 0.6 is 0 Å². The van der Waals surface area contributed by atoms with Crippen molar-refractivity contribution in [3.8, 4) is 0 Å². The fourth-order valence-corrected chi connectivity index (χ4v) is 1.06. The Labute approximate surface area is 63.2 Å². The first-order valence-electron chi connectivity index (χ1n) is 3.36. The van der Waals surface area contributed by atoms with Gasteiger partial charge in [0, 0.05) is 5.39 Å². The number of fused-ring (bicyclic) bond motifs is 1. The van der Waals surface area contributed by atoms with Gasteiger partial charge >= 0.3 is 0 Å². The van der Waals surface area contributed by atoms with Gasteiger partial charge in [-0.1, -0.05) is 17.3 Å². The molecule has 0 unspecified atom stereocenters. The maximum Gasteiger partial charge on any atom is 0.169 e. The Bertz CT molecular complexity index is 367. The third-order valence-corrected chi connectivity index (χ3v) is 1.60. The number of aromatic nitrogens is 1. The van der Waals surface area contributed by atoms with Crippen molar-refractivity contribution < 1.29 is 9.63 Å². The van der Waals surface area contributed by atoms with Crippen LogP contribution in [0.25, 0.3) is 10.9 Å². The van der Waals surface area contributed by atoms with E-state index in [4.69, 9.17) is 9.63 Å². The summed E-state index contributed by atoms with van der Waals surface area (Å²) in [6.45, 7) is -0.0967. The minimum atomic E-state index is -0.0967. The molecule has 3 heteroatoms. The molecule has 56 valence electrons. The van der Waals surface area contributed by atoms with E-state index in [0.29, 0.717) is 5.76 Å². The van der Waals surface area contributed by atoms with Crippen LogP contribution < -0.4 is 0 Å². The predicted molar refractivity (Wildman–Crippen MR) is 39.9 cm³/mol. The van der Waals surface area contributed by atoms with Gasteiger partial charge in [0.05, 0.1) is 0 Å². The summed E-state index contributed by atoms with van der Waals surface area (Å²) in [5.41, 5.74) is 0.788. The Morgan fingerprint density at radius 1 is 1.36 bits per heavy atom. The summed E-state index contributed by atoms with van der Waals surface area (Å²) < 4.78 is 4.86. The van der Waals surface area contributed by atoms with Crippen LogP contribution in [0, 0.1) is 0 Å². The standard InChI is InChI=1S/C8H7NO2/c10-5-8-6-3-1-2-4-7(6)9-11-8/h1-4,10H,5H2. The third-order valence-electron chi connectivity index (χ3n) is 1.60. The van der Waals surface area contributed by atoms with Crippen LogP contribution in [0.2, 0.25) is 0 Å². The lowest BCUT2D eigenvalue weighted by atomic mass is 10.2. The first-order chi connectivity index (χ1) is 5.42. The zero-order valence-corrected chi connectivity index (χ0v) is 5.82. The molecule has 11 heavy (non-hydrogen) atoms. The first-order valence-corrected chi connectivity index (χ1v) is 3.36. The van der Waals surface area contributed by atoms with Gasteiger partial charge in [-0.2, -0.15) is 0 Å². The molecule has 0 atom stereocenters. The number of nitrogens with zero attached hydrogens (tertiary/aromatic N) is 1. The van der Waals surface area contributed by atoms with Crippen molar-refractivity contribution in [3.63, 3.8) is 0 Å². The Balaban J connectivity index is 2.76. The van der Waals surface area contributed by atoms with Crippen molar-refractivity contribution in [2.75, 3.05) is 0 Å². The topological polar surface area (TPSA) is 46.3 Å². The SMILES string of the molecule is OCc1onc2ccccc12. The normalized spacial score (nSPS) is 10.6. The second-order valence-corrected chi connectivity index (χ2v) is 2.28. The summed E-state index contributed by atoms with van der Waals surface area (Å²) in [5.74, 6) is 0.528. The number of hydrogen-bond acceptors (Lipinski definition) is 3. The van der Waals surface area contributed by atoms with Gasteiger partial charge in [0.2, 0.25) is 0 Å². The van der Waals surface area contributed by atoms with Crippen molar-refractivity contribution in [3.05, 3.63) is 30.0 Å². The molecule has 0 aliphatic heterocycles. The van der Waals surface area contributed by atoms with E-state index in [9.17, 15) is 0 Å². The van der Waals surface area contributed by atoms with E-state index >= 15 is 0 Å². The number of hydrogen-bond donors (Lipinski definition) is 1. The molecule has 0 aliphatic rings. The molecule has 1 aromatic carbocycles. The van der Waals surface area contributed by atoms with E-state index in [2.05, 4.69) is 5.16 Å². The molecule has 0 aliphatic carbocycles. The molecule has 2 aromatic rings. The molecule has 0 spiro atoms. The highest BCUT2D eigenvalue weighted by Gasteiger charge is 2.03. The molecule has 1 heterocycles. The average molecular weight is 149 g/mol. The Kier molecular flexibility index (Phi) is 1.36. The van der Waals surface area contributed by atoms with E-state index in [1.54, 1.807) is 0 Å². The second kappa shape index (κ2) is 2.36. The van der Waals surface area contributed by atoms with Gasteiger partial charge in [-0.25, -0.2) is 0 Å². The van der Waals surface area contributed by atoms with E-state index in [1.807, 2.05) is 24.3 Å². The second-order valence-electron chi connectivity index (χ2n) is 2.28. The lowest BCUT2D eigenvalue weighted by Gasteiger charge is -1.85. The van der Waals surface area contributed by atoms with Gasteiger partial charge in [0.1, 0.15) is 12.1 Å². The quantitative estimate of drug-likeness (QED) is 0.665. The van der Waals surface area contributed by atoms with Gasteiger partial charge in [-0.15, -0.1) is 0 Å². The summed E-state index contributed by atoms with van der Waals surface area (Å²) in [5, 5.41) is 13.4. The summed E-state index contributed by atoms with van der Waals surface area (Å²) in [4.78, 5) is 0. The largest absolute Gasteiger partial charge is 0.388 e. The maximum atomic E-state index is 8.79. The van der Waals surface area contributed by atoms with Crippen molar-refractivity contribution >= 4 is 10.9 Å². The van der Waals surface area contributed by atoms with E-state index in [1.165, 1.54) is 0 Å². The molecule has 0 radical (unpaired) electrons. The molecule has 0 saturated heterocycles. The molecular weight excluding hydrogens is 142 g/mol.